The lowest BCUT2D eigenvalue weighted by molar-refractivity contribution is -0.155. The van der Waals surface area contributed by atoms with E-state index in [1.54, 1.807) is 19.1 Å². The van der Waals surface area contributed by atoms with Crippen LogP contribution < -0.4 is 4.74 Å². The Hall–Kier alpha value is -2.04. The van der Waals surface area contributed by atoms with Crippen LogP contribution in [0.4, 0.5) is 0 Å². The van der Waals surface area contributed by atoms with Crippen LogP contribution in [0.3, 0.4) is 0 Å². The van der Waals surface area contributed by atoms with Gasteiger partial charge in [0, 0.05) is 6.54 Å². The van der Waals surface area contributed by atoms with Gasteiger partial charge in [-0.2, -0.15) is 0 Å². The highest BCUT2D eigenvalue weighted by molar-refractivity contribution is 5.86. The average Bonchev–Trinajstić information content (AvgIpc) is 2.47. The molecule has 1 aliphatic heterocycles. The molecule has 0 aromatic heterocycles. The molecule has 0 radical (unpaired) electrons. The van der Waals surface area contributed by atoms with E-state index in [4.69, 9.17) is 4.74 Å². The van der Waals surface area contributed by atoms with Gasteiger partial charge in [0.05, 0.1) is 0 Å². The number of hydrogen-bond donors (Lipinski definition) is 1. The summed E-state index contributed by atoms with van der Waals surface area (Å²) in [7, 11) is 0. The highest BCUT2D eigenvalue weighted by Crippen LogP contribution is 2.20. The highest BCUT2D eigenvalue weighted by atomic mass is 16.5. The zero-order chi connectivity index (χ0) is 14.5. The van der Waals surface area contributed by atoms with Crippen LogP contribution in [0.15, 0.2) is 30.3 Å². The van der Waals surface area contributed by atoms with Crippen LogP contribution in [0, 0.1) is 0 Å². The van der Waals surface area contributed by atoms with Gasteiger partial charge < -0.3 is 14.7 Å². The van der Waals surface area contributed by atoms with Crippen molar-refractivity contribution in [1.82, 2.24) is 4.90 Å². The fourth-order valence-corrected chi connectivity index (χ4v) is 2.44. The van der Waals surface area contributed by atoms with Crippen molar-refractivity contribution in [1.29, 1.82) is 0 Å². The van der Waals surface area contributed by atoms with E-state index >= 15 is 0 Å². The van der Waals surface area contributed by atoms with Crippen LogP contribution in [-0.4, -0.2) is 40.6 Å². The third kappa shape index (κ3) is 3.29. The van der Waals surface area contributed by atoms with Gasteiger partial charge in [0.15, 0.2) is 6.10 Å². The third-order valence-corrected chi connectivity index (χ3v) is 3.47. The van der Waals surface area contributed by atoms with Crippen molar-refractivity contribution >= 4 is 11.9 Å². The Morgan fingerprint density at radius 1 is 1.30 bits per heavy atom. The number of aliphatic carboxylic acids is 1. The molecule has 1 aliphatic rings. The summed E-state index contributed by atoms with van der Waals surface area (Å²) >= 11 is 0. The summed E-state index contributed by atoms with van der Waals surface area (Å²) < 4.78 is 5.57. The van der Waals surface area contributed by atoms with Crippen molar-refractivity contribution in [3.05, 3.63) is 30.3 Å². The van der Waals surface area contributed by atoms with Crippen LogP contribution >= 0.6 is 0 Å². The number of likely N-dealkylation sites (tertiary alicyclic amines) is 1. The molecule has 2 rings (SSSR count). The van der Waals surface area contributed by atoms with E-state index in [1.165, 1.54) is 4.90 Å². The predicted molar refractivity (Wildman–Crippen MR) is 73.5 cm³/mol. The van der Waals surface area contributed by atoms with Gasteiger partial charge in [-0.1, -0.05) is 18.2 Å². The topological polar surface area (TPSA) is 66.8 Å². The second-order valence-electron chi connectivity index (χ2n) is 4.95. The molecule has 5 nitrogen and oxygen atoms in total. The lowest BCUT2D eigenvalue weighted by atomic mass is 10.0. The quantitative estimate of drug-likeness (QED) is 0.913. The number of rotatable bonds is 4. The standard InChI is InChI=1S/C15H19NO4/c1-11(20-12-7-3-2-4-8-12)14(17)16-10-6-5-9-13(16)15(18)19/h2-4,7-8,11,13H,5-6,9-10H2,1H3,(H,18,19)/t11?,13-/m1/s1. The molecular weight excluding hydrogens is 258 g/mol. The van der Waals surface area contributed by atoms with Crippen LogP contribution in [0.5, 0.6) is 5.75 Å². The van der Waals surface area contributed by atoms with E-state index in [-0.39, 0.29) is 5.91 Å². The maximum absolute atomic E-state index is 12.4. The summed E-state index contributed by atoms with van der Waals surface area (Å²) in [6.07, 6.45) is 1.51. The number of para-hydroxylation sites is 1. The van der Waals surface area contributed by atoms with Gasteiger partial charge in [-0.25, -0.2) is 4.79 Å². The number of ether oxygens (including phenoxy) is 1. The molecule has 1 N–H and O–H groups in total. The number of carboxylic acid groups (broad SMARTS) is 1. The molecule has 1 aromatic carbocycles. The number of hydrogen-bond acceptors (Lipinski definition) is 3. The first kappa shape index (κ1) is 14.4. The summed E-state index contributed by atoms with van der Waals surface area (Å²) in [5.41, 5.74) is 0. The summed E-state index contributed by atoms with van der Waals surface area (Å²) in [5.74, 6) is -0.594. The van der Waals surface area contributed by atoms with Gasteiger partial charge in [-0.05, 0) is 38.3 Å². The predicted octanol–water partition coefficient (Wildman–Crippen LogP) is 1.92. The number of carbonyl (C=O) groups is 2. The Morgan fingerprint density at radius 2 is 2.00 bits per heavy atom. The molecule has 20 heavy (non-hydrogen) atoms. The van der Waals surface area contributed by atoms with Crippen LogP contribution in [0.2, 0.25) is 0 Å². The van der Waals surface area contributed by atoms with E-state index < -0.39 is 18.1 Å². The van der Waals surface area contributed by atoms with Gasteiger partial charge in [0.1, 0.15) is 11.8 Å². The molecule has 1 heterocycles. The number of amides is 1. The molecule has 0 aliphatic carbocycles. The van der Waals surface area contributed by atoms with Crippen molar-refractivity contribution in [2.75, 3.05) is 6.54 Å². The first-order chi connectivity index (χ1) is 9.59. The lowest BCUT2D eigenvalue weighted by Crippen LogP contribution is -2.52. The molecule has 1 unspecified atom stereocenters. The minimum atomic E-state index is -0.940. The molecule has 108 valence electrons. The molecule has 1 saturated heterocycles. The maximum atomic E-state index is 12.4. The Balaban J connectivity index is 2.03. The molecular formula is C15H19NO4. The summed E-state index contributed by atoms with van der Waals surface area (Å²) in [6, 6.07) is 8.34. The molecule has 0 spiro atoms. The zero-order valence-electron chi connectivity index (χ0n) is 11.5. The molecule has 1 fully saturated rings. The number of benzene rings is 1. The minimum Gasteiger partial charge on any atom is -0.481 e. The normalized spacial score (nSPS) is 20.2. The Labute approximate surface area is 118 Å². The van der Waals surface area contributed by atoms with Crippen LogP contribution in [0.25, 0.3) is 0 Å². The average molecular weight is 277 g/mol. The second-order valence-corrected chi connectivity index (χ2v) is 4.95. The second kappa shape index (κ2) is 6.41. The van der Waals surface area contributed by atoms with E-state index in [9.17, 15) is 14.7 Å². The number of carboxylic acids is 1. The fourth-order valence-electron chi connectivity index (χ4n) is 2.44. The molecule has 1 amide bonds. The van der Waals surface area contributed by atoms with Gasteiger partial charge >= 0.3 is 5.97 Å². The SMILES string of the molecule is CC(Oc1ccccc1)C(=O)N1CCCC[C@@H]1C(=O)O. The third-order valence-electron chi connectivity index (χ3n) is 3.47. The molecule has 5 heteroatoms. The smallest absolute Gasteiger partial charge is 0.326 e. The van der Waals surface area contributed by atoms with Crippen molar-refractivity contribution in [2.24, 2.45) is 0 Å². The van der Waals surface area contributed by atoms with Gasteiger partial charge in [0.25, 0.3) is 5.91 Å². The van der Waals surface area contributed by atoms with Crippen molar-refractivity contribution in [2.45, 2.75) is 38.3 Å². The van der Waals surface area contributed by atoms with Crippen molar-refractivity contribution in [3.63, 3.8) is 0 Å². The first-order valence-electron chi connectivity index (χ1n) is 6.84. The monoisotopic (exact) mass is 277 g/mol. The summed E-state index contributed by atoms with van der Waals surface area (Å²) in [4.78, 5) is 25.0. The largest absolute Gasteiger partial charge is 0.481 e. The number of carbonyl (C=O) groups excluding carboxylic acids is 1. The van der Waals surface area contributed by atoms with Crippen LogP contribution in [-0.2, 0) is 9.59 Å². The number of nitrogens with zero attached hydrogens (tertiary/aromatic N) is 1. The van der Waals surface area contributed by atoms with Crippen LogP contribution in [0.1, 0.15) is 26.2 Å². The van der Waals surface area contributed by atoms with E-state index in [0.717, 1.165) is 12.8 Å². The Morgan fingerprint density at radius 3 is 2.65 bits per heavy atom. The Kier molecular flexibility index (Phi) is 4.61. The minimum absolute atomic E-state index is 0.263. The molecule has 1 aromatic rings. The van der Waals surface area contributed by atoms with Gasteiger partial charge in [-0.15, -0.1) is 0 Å². The Bertz CT molecular complexity index is 474. The van der Waals surface area contributed by atoms with E-state index in [0.29, 0.717) is 18.7 Å². The highest BCUT2D eigenvalue weighted by Gasteiger charge is 2.34. The molecule has 0 bridgehead atoms. The lowest BCUT2D eigenvalue weighted by Gasteiger charge is -2.34. The summed E-state index contributed by atoms with van der Waals surface area (Å²) in [6.45, 7) is 2.14. The van der Waals surface area contributed by atoms with Crippen molar-refractivity contribution < 1.29 is 19.4 Å². The van der Waals surface area contributed by atoms with Crippen molar-refractivity contribution in [3.8, 4) is 5.75 Å². The van der Waals surface area contributed by atoms with E-state index in [2.05, 4.69) is 0 Å². The molecule has 2 atom stereocenters. The first-order valence-corrected chi connectivity index (χ1v) is 6.84. The number of piperidine rings is 1. The van der Waals surface area contributed by atoms with E-state index in [1.807, 2.05) is 18.2 Å². The maximum Gasteiger partial charge on any atom is 0.326 e. The fraction of sp³-hybridized carbons (Fsp3) is 0.467. The van der Waals surface area contributed by atoms with Gasteiger partial charge in [-0.3, -0.25) is 4.79 Å². The van der Waals surface area contributed by atoms with Gasteiger partial charge in [0.2, 0.25) is 0 Å². The molecule has 0 saturated carbocycles. The zero-order valence-corrected chi connectivity index (χ0v) is 11.5. The summed E-state index contributed by atoms with van der Waals surface area (Å²) in [5, 5.41) is 9.19.